The van der Waals surface area contributed by atoms with E-state index in [1.165, 1.54) is 0 Å². The number of carboxylic acid groups (broad SMARTS) is 1. The fourth-order valence-corrected chi connectivity index (χ4v) is 0.668. The summed E-state index contributed by atoms with van der Waals surface area (Å²) in [6.45, 7) is -0.843. The molecule has 10 heteroatoms. The summed E-state index contributed by atoms with van der Waals surface area (Å²) >= 11 is 0. The molecule has 0 saturated carbocycles. The van der Waals surface area contributed by atoms with Crippen molar-refractivity contribution in [1.82, 2.24) is 0 Å². The maximum atomic E-state index is 10.1. The molecule has 16 heavy (non-hydrogen) atoms. The minimum atomic E-state index is -2.20. The van der Waals surface area contributed by atoms with E-state index >= 15 is 0 Å². The van der Waals surface area contributed by atoms with Gasteiger partial charge in [-0.3, -0.25) is 0 Å². The van der Waals surface area contributed by atoms with Crippen LogP contribution in [-0.4, -0.2) is 78.6 Å². The van der Waals surface area contributed by atoms with E-state index in [4.69, 9.17) is 30.6 Å². The Bertz CT molecular complexity index is 177. The Morgan fingerprint density at radius 2 is 1.38 bits per heavy atom. The largest absolute Gasteiger partial charge is 2.00 e. The van der Waals surface area contributed by atoms with E-state index < -0.39 is 37.0 Å². The summed E-state index contributed by atoms with van der Waals surface area (Å²) in [5.41, 5.74) is 0. The first kappa shape index (κ1) is 24.8. The Balaban J connectivity index is -0.000000240. The van der Waals surface area contributed by atoms with Crippen LogP contribution in [0.15, 0.2) is 0 Å². The third kappa shape index (κ3) is 7.05. The van der Waals surface area contributed by atoms with Crippen LogP contribution in [0.25, 0.3) is 0 Å². The molecule has 0 heterocycles. The van der Waals surface area contributed by atoms with E-state index in [1.807, 2.05) is 0 Å². The van der Waals surface area contributed by atoms with Crippen molar-refractivity contribution in [3.05, 3.63) is 0 Å². The predicted octanol–water partition coefficient (Wildman–Crippen LogP) is -3.85. The first-order valence-corrected chi connectivity index (χ1v) is 3.47. The maximum Gasteiger partial charge on any atom is 2.00 e. The van der Waals surface area contributed by atoms with Crippen molar-refractivity contribution >= 4 is 5.97 Å². The van der Waals surface area contributed by atoms with E-state index in [-0.39, 0.29) is 27.7 Å². The van der Waals surface area contributed by atoms with E-state index in [1.54, 1.807) is 0 Å². The number of carbonyl (C=O) groups is 1. The first-order chi connectivity index (χ1) is 5.91. The molecule has 0 aromatic heterocycles. The van der Waals surface area contributed by atoms with Crippen LogP contribution in [-0.2, 0) is 21.6 Å². The van der Waals surface area contributed by atoms with Gasteiger partial charge < -0.3 is 41.6 Å². The minimum absolute atomic E-state index is 0. The van der Waals surface area contributed by atoms with Crippen LogP contribution >= 0.6 is 0 Å². The Hall–Kier alpha value is -0.304. The summed E-state index contributed by atoms with van der Waals surface area (Å²) in [7, 11) is 0. The SMILES string of the molecule is O=C(O)C(O)C(O)C(O)C(O)CO.[Co+2].[OH-].[OH-]. The van der Waals surface area contributed by atoms with E-state index in [9.17, 15) is 4.79 Å². The second-order valence-corrected chi connectivity index (χ2v) is 2.51. The van der Waals surface area contributed by atoms with Gasteiger partial charge in [0.2, 0.25) is 0 Å². The standard InChI is InChI=1S/C6H12O7.Co.2H2O/c7-1-2(8)3(9)4(10)5(11)6(12)13;;;/h2-5,7-11H,1H2,(H,12,13);;2*1H2/q;+2;;/p-2. The smallest absolute Gasteiger partial charge is 0.870 e. The number of aliphatic hydroxyl groups is 5. The Morgan fingerprint density at radius 1 is 1.00 bits per heavy atom. The van der Waals surface area contributed by atoms with Crippen LogP contribution in [0.3, 0.4) is 0 Å². The second-order valence-electron chi connectivity index (χ2n) is 2.51. The van der Waals surface area contributed by atoms with E-state index in [2.05, 4.69) is 0 Å². The average molecular weight is 289 g/mol. The molecule has 0 aliphatic carbocycles. The maximum absolute atomic E-state index is 10.1. The number of hydrogen-bond donors (Lipinski definition) is 6. The number of carboxylic acids is 1. The molecule has 4 atom stereocenters. The Kier molecular flexibility index (Phi) is 17.3. The summed E-state index contributed by atoms with van der Waals surface area (Å²) < 4.78 is 0. The minimum Gasteiger partial charge on any atom is -0.870 e. The normalized spacial score (nSPS) is 16.6. The van der Waals surface area contributed by atoms with Gasteiger partial charge in [-0.15, -0.1) is 0 Å². The summed E-state index contributed by atoms with van der Waals surface area (Å²) in [6.07, 6.45) is -7.84. The predicted molar refractivity (Wildman–Crippen MR) is 42.6 cm³/mol. The van der Waals surface area contributed by atoms with Crippen molar-refractivity contribution in [2.24, 2.45) is 0 Å². The van der Waals surface area contributed by atoms with Crippen molar-refractivity contribution < 1.29 is 63.2 Å². The fraction of sp³-hybridized carbons (Fsp3) is 0.833. The molecule has 0 spiro atoms. The van der Waals surface area contributed by atoms with Crippen molar-refractivity contribution in [3.8, 4) is 0 Å². The molecule has 0 aliphatic rings. The molecule has 0 amide bonds. The number of rotatable bonds is 5. The van der Waals surface area contributed by atoms with Gasteiger partial charge in [0.05, 0.1) is 6.61 Å². The molecule has 101 valence electrons. The molecule has 9 nitrogen and oxygen atoms in total. The van der Waals surface area contributed by atoms with Crippen LogP contribution in [0.1, 0.15) is 0 Å². The van der Waals surface area contributed by atoms with Gasteiger partial charge in [0, 0.05) is 0 Å². The van der Waals surface area contributed by atoms with Gasteiger partial charge in [-0.1, -0.05) is 0 Å². The Labute approximate surface area is 101 Å². The van der Waals surface area contributed by atoms with Crippen molar-refractivity contribution in [2.45, 2.75) is 24.4 Å². The zero-order valence-corrected chi connectivity index (χ0v) is 8.88. The van der Waals surface area contributed by atoms with Crippen LogP contribution in [0.4, 0.5) is 0 Å². The third-order valence-electron chi connectivity index (χ3n) is 1.51. The van der Waals surface area contributed by atoms with Gasteiger partial charge >= 0.3 is 22.7 Å². The van der Waals surface area contributed by atoms with Crippen LogP contribution < -0.4 is 0 Å². The number of hydrogen-bond acceptors (Lipinski definition) is 8. The topological polar surface area (TPSA) is 198 Å². The zero-order chi connectivity index (χ0) is 10.6. The summed E-state index contributed by atoms with van der Waals surface area (Å²) in [5, 5.41) is 51.8. The molecule has 1 radical (unpaired) electrons. The fourth-order valence-electron chi connectivity index (χ4n) is 0.668. The van der Waals surface area contributed by atoms with Gasteiger partial charge in [0.15, 0.2) is 6.10 Å². The third-order valence-corrected chi connectivity index (χ3v) is 1.51. The number of aliphatic hydroxyl groups excluding tert-OH is 5. The number of aliphatic carboxylic acids is 1. The Morgan fingerprint density at radius 3 is 1.62 bits per heavy atom. The molecule has 0 bridgehead atoms. The molecule has 4 unspecified atom stereocenters. The second kappa shape index (κ2) is 11.2. The van der Waals surface area contributed by atoms with Crippen LogP contribution in [0.5, 0.6) is 0 Å². The molecule has 0 aliphatic heterocycles. The molecule has 0 saturated heterocycles. The van der Waals surface area contributed by atoms with Gasteiger partial charge in [0.1, 0.15) is 18.3 Å². The van der Waals surface area contributed by atoms with Gasteiger partial charge in [0.25, 0.3) is 0 Å². The molecule has 0 rings (SSSR count). The van der Waals surface area contributed by atoms with Crippen LogP contribution in [0.2, 0.25) is 0 Å². The first-order valence-electron chi connectivity index (χ1n) is 3.47. The molecular formula is C6H14CoO9. The summed E-state index contributed by atoms with van der Waals surface area (Å²) in [4.78, 5) is 10.1. The average Bonchev–Trinajstić information content (AvgIpc) is 2.12. The van der Waals surface area contributed by atoms with Crippen molar-refractivity contribution in [2.75, 3.05) is 6.61 Å². The molecular weight excluding hydrogens is 275 g/mol. The molecule has 8 N–H and O–H groups in total. The molecule has 0 aromatic rings. The monoisotopic (exact) mass is 289 g/mol. The van der Waals surface area contributed by atoms with Crippen LogP contribution in [0, 0.1) is 0 Å². The van der Waals surface area contributed by atoms with E-state index in [0.717, 1.165) is 0 Å². The molecule has 0 aromatic carbocycles. The van der Waals surface area contributed by atoms with Gasteiger partial charge in [-0.25, -0.2) is 4.79 Å². The quantitative estimate of drug-likeness (QED) is 0.293. The summed E-state index contributed by atoms with van der Waals surface area (Å²) in [5.74, 6) is -1.73. The summed E-state index contributed by atoms with van der Waals surface area (Å²) in [6, 6.07) is 0. The van der Waals surface area contributed by atoms with Crippen molar-refractivity contribution in [3.63, 3.8) is 0 Å². The molecule has 0 fully saturated rings. The zero-order valence-electron chi connectivity index (χ0n) is 7.84. The van der Waals surface area contributed by atoms with Gasteiger partial charge in [-0.05, 0) is 0 Å². The van der Waals surface area contributed by atoms with Crippen molar-refractivity contribution in [1.29, 1.82) is 0 Å². The van der Waals surface area contributed by atoms with Gasteiger partial charge in [-0.2, -0.15) is 0 Å². The van der Waals surface area contributed by atoms with E-state index in [0.29, 0.717) is 0 Å².